The Morgan fingerprint density at radius 3 is 1.95 bits per heavy atom. The summed E-state index contributed by atoms with van der Waals surface area (Å²) >= 11 is 0. The van der Waals surface area contributed by atoms with E-state index in [1.54, 1.807) is 0 Å². The highest BCUT2D eigenvalue weighted by Crippen LogP contribution is 2.52. The maximum Gasteiger partial charge on any atom is 0.269 e. The maximum atomic E-state index is 6.93. The predicted octanol–water partition coefficient (Wildman–Crippen LogP) is 18.5. The van der Waals surface area contributed by atoms with Crippen molar-refractivity contribution in [2.24, 2.45) is 0 Å². The van der Waals surface area contributed by atoms with Crippen molar-refractivity contribution in [1.82, 2.24) is 14.1 Å². The van der Waals surface area contributed by atoms with Gasteiger partial charge in [-0.2, -0.15) is 0 Å². The van der Waals surface area contributed by atoms with Crippen LogP contribution in [-0.4, -0.2) is 14.1 Å². The van der Waals surface area contributed by atoms with Gasteiger partial charge < -0.3 is 9.15 Å². The minimum absolute atomic E-state index is 0.00563. The number of ether oxygens (including phenoxy) is 1. The number of imidazole rings is 1. The first kappa shape index (κ1) is 46.3. The van der Waals surface area contributed by atoms with Crippen LogP contribution in [0.15, 0.2) is 205 Å². The van der Waals surface area contributed by atoms with Gasteiger partial charge in [-0.3, -0.25) is 13.7 Å². The number of hydrogen-bond donors (Lipinski definition) is 0. The molecule has 5 heterocycles. The Hall–Kier alpha value is -9.00. The number of aromatic nitrogens is 4. The topological polar surface area (TPSA) is 49.0 Å². The lowest BCUT2D eigenvalue weighted by Crippen LogP contribution is -2.34. The molecule has 378 valence electrons. The van der Waals surface area contributed by atoms with Gasteiger partial charge in [-0.1, -0.05) is 164 Å². The number of hydrogen-bond acceptors (Lipinski definition) is 3. The maximum absolute atomic E-state index is 6.93. The molecule has 78 heavy (non-hydrogen) atoms. The van der Waals surface area contributed by atoms with Crippen LogP contribution in [0.3, 0.4) is 0 Å². The van der Waals surface area contributed by atoms with Gasteiger partial charge in [0.1, 0.15) is 28.5 Å². The van der Waals surface area contributed by atoms with Crippen LogP contribution in [-0.2, 0) is 16.2 Å². The molecule has 0 unspecified atom stereocenters. The normalized spacial score (nSPS) is 14.4. The van der Waals surface area contributed by atoms with Gasteiger partial charge in [-0.15, -0.1) is 0 Å². The second-order valence-electron chi connectivity index (χ2n) is 24.0. The third-order valence-electron chi connectivity index (χ3n) is 17.2. The van der Waals surface area contributed by atoms with E-state index in [9.17, 15) is 0 Å². The zero-order valence-electron chi connectivity index (χ0n) is 45.1. The quantitative estimate of drug-likeness (QED) is 0.127. The van der Waals surface area contributed by atoms with Crippen molar-refractivity contribution in [3.8, 4) is 73.2 Å². The number of para-hydroxylation sites is 4. The molecule has 2 aliphatic rings. The van der Waals surface area contributed by atoms with Crippen LogP contribution >= 0.6 is 0 Å². The molecule has 15 rings (SSSR count). The van der Waals surface area contributed by atoms with Crippen LogP contribution in [0.1, 0.15) is 78.0 Å². The van der Waals surface area contributed by atoms with Gasteiger partial charge in [0.05, 0.1) is 33.4 Å². The zero-order valence-corrected chi connectivity index (χ0v) is 45.1. The number of fused-ring (bicyclic) bond motifs is 14. The lowest BCUT2D eigenvalue weighted by Gasteiger charge is -2.42. The average Bonchev–Trinajstić information content (AvgIpc) is 4.22. The van der Waals surface area contributed by atoms with E-state index in [-0.39, 0.29) is 16.2 Å². The minimum Gasteiger partial charge on any atom is -0.458 e. The molecule has 0 radical (unpaired) electrons. The summed E-state index contributed by atoms with van der Waals surface area (Å²) in [6.07, 6.45) is 8.23. The summed E-state index contributed by atoms with van der Waals surface area (Å²) in [4.78, 5) is 4.93. The van der Waals surface area contributed by atoms with Crippen molar-refractivity contribution < 1.29 is 13.7 Å². The summed E-state index contributed by atoms with van der Waals surface area (Å²) < 4.78 is 20.2. The fraction of sp³-hybridized carbons (Fsp3) is 0.167. The van der Waals surface area contributed by atoms with Gasteiger partial charge in [0, 0.05) is 33.8 Å². The van der Waals surface area contributed by atoms with E-state index in [0.717, 1.165) is 113 Å². The van der Waals surface area contributed by atoms with Crippen LogP contribution in [0, 0.1) is 6.33 Å². The van der Waals surface area contributed by atoms with Crippen molar-refractivity contribution in [1.29, 1.82) is 0 Å². The highest BCUT2D eigenvalue weighted by molar-refractivity contribution is 6.10. The molecule has 13 aromatic rings. The number of furan rings is 1. The Kier molecular flexibility index (Phi) is 9.95. The molecule has 1 aliphatic heterocycles. The molecule has 0 fully saturated rings. The Morgan fingerprint density at radius 2 is 1.14 bits per heavy atom. The lowest BCUT2D eigenvalue weighted by atomic mass is 9.62. The van der Waals surface area contributed by atoms with E-state index >= 15 is 0 Å². The fourth-order valence-corrected chi connectivity index (χ4v) is 13.0. The van der Waals surface area contributed by atoms with E-state index in [1.807, 2.05) is 18.3 Å². The molecule has 4 aromatic heterocycles. The molecule has 0 saturated heterocycles. The number of benzene rings is 9. The molecular formula is C72H58N4O2. The monoisotopic (exact) mass is 1010 g/mol. The first-order valence-corrected chi connectivity index (χ1v) is 27.4. The van der Waals surface area contributed by atoms with Crippen LogP contribution < -0.4 is 9.30 Å². The Bertz CT molecular complexity index is 4650. The summed E-state index contributed by atoms with van der Waals surface area (Å²) in [6, 6.07) is 70.5. The van der Waals surface area contributed by atoms with Crippen LogP contribution in [0.4, 0.5) is 0 Å². The van der Waals surface area contributed by atoms with E-state index in [2.05, 4.69) is 250 Å². The highest BCUT2D eigenvalue weighted by Gasteiger charge is 2.39. The molecule has 6 heteroatoms. The molecule has 0 bridgehead atoms. The van der Waals surface area contributed by atoms with Crippen molar-refractivity contribution in [3.05, 3.63) is 223 Å². The van der Waals surface area contributed by atoms with Gasteiger partial charge in [-0.05, 0) is 163 Å². The van der Waals surface area contributed by atoms with Gasteiger partial charge in [0.2, 0.25) is 0 Å². The molecule has 6 nitrogen and oxygen atoms in total. The van der Waals surface area contributed by atoms with Gasteiger partial charge in [-0.25, -0.2) is 4.98 Å². The third kappa shape index (κ3) is 7.08. The van der Waals surface area contributed by atoms with Crippen molar-refractivity contribution in [3.63, 3.8) is 0 Å². The minimum atomic E-state index is -0.0317. The summed E-state index contributed by atoms with van der Waals surface area (Å²) in [6.45, 7) is 16.5. The fourth-order valence-electron chi connectivity index (χ4n) is 13.0. The Morgan fingerprint density at radius 1 is 0.513 bits per heavy atom. The molecule has 0 spiro atoms. The van der Waals surface area contributed by atoms with E-state index in [4.69, 9.17) is 14.1 Å². The van der Waals surface area contributed by atoms with E-state index < -0.39 is 0 Å². The lowest BCUT2D eigenvalue weighted by molar-refractivity contribution is -0.570. The largest absolute Gasteiger partial charge is 0.458 e. The molecule has 0 atom stereocenters. The average molecular weight is 1010 g/mol. The zero-order chi connectivity index (χ0) is 52.8. The highest BCUT2D eigenvalue weighted by atomic mass is 16.5. The first-order valence-electron chi connectivity index (χ1n) is 27.4. The number of rotatable bonds is 5. The van der Waals surface area contributed by atoms with Gasteiger partial charge in [0.25, 0.3) is 6.33 Å². The molecular weight excluding hydrogens is 953 g/mol. The van der Waals surface area contributed by atoms with Crippen molar-refractivity contribution in [2.75, 3.05) is 0 Å². The summed E-state index contributed by atoms with van der Waals surface area (Å²) in [5, 5.41) is 4.51. The second-order valence-corrected chi connectivity index (χ2v) is 24.0. The summed E-state index contributed by atoms with van der Waals surface area (Å²) in [5.41, 5.74) is 21.4. The Balaban J connectivity index is 0.947. The first-order chi connectivity index (χ1) is 37.8. The standard InChI is InChI=1S/C72H58N4O2/c1-70(2,3)45-33-36-73-67(38-45)76-62-26-12-10-21-52(62)53-31-30-48(40-64(53)76)77-47-18-14-17-46(39-47)74-43-75-68-49(44-29-32-66-59(37-44)54-22-11-13-28-65(54)78-66)23-15-24-56(68)58-42-61-60(71(4,5)34-35-72(61,6)7)41-57(58)51-20-9-8-19-50(51)55-25-16-27-63(74)69(55)75/h8-33,36-42H,34-35H2,1-7H3. The van der Waals surface area contributed by atoms with Crippen molar-refractivity contribution >= 4 is 54.8 Å². The van der Waals surface area contributed by atoms with Gasteiger partial charge in [0.15, 0.2) is 0 Å². The van der Waals surface area contributed by atoms with E-state index in [0.29, 0.717) is 0 Å². The molecule has 0 saturated carbocycles. The number of pyridine rings is 1. The van der Waals surface area contributed by atoms with E-state index in [1.165, 1.54) is 44.3 Å². The summed E-state index contributed by atoms with van der Waals surface area (Å²) in [5.74, 6) is 2.34. The van der Waals surface area contributed by atoms with Crippen LogP contribution in [0.2, 0.25) is 0 Å². The molecule has 0 N–H and O–H groups in total. The predicted molar refractivity (Wildman–Crippen MR) is 319 cm³/mol. The Labute approximate surface area is 454 Å². The van der Waals surface area contributed by atoms with Gasteiger partial charge >= 0.3 is 0 Å². The molecule has 9 aromatic carbocycles. The van der Waals surface area contributed by atoms with Crippen LogP contribution in [0.25, 0.3) is 116 Å². The van der Waals surface area contributed by atoms with Crippen LogP contribution in [0.5, 0.6) is 11.5 Å². The molecule has 1 aliphatic carbocycles. The molecule has 0 amide bonds. The summed E-state index contributed by atoms with van der Waals surface area (Å²) in [7, 11) is 0. The third-order valence-corrected chi connectivity index (χ3v) is 17.2. The number of nitrogens with zero attached hydrogens (tertiary/aromatic N) is 4. The SMILES string of the molecule is CC(C)(C)c1ccnc(-n2c3ccccc3c3ccc(Oc4cccc(-n5[c-][n+]6c7c(cccc75)-c5ccccc5-c5cc7c(cc5-c5cccc(-c8ccc9oc%10ccccc%10c9c8)c5-6)C(C)(C)CCC7(C)C)c4)cc32)c1. The second kappa shape index (κ2) is 16.7. The smallest absolute Gasteiger partial charge is 0.269 e. The van der Waals surface area contributed by atoms with Crippen molar-refractivity contribution in [2.45, 2.75) is 77.6 Å².